The average molecular weight is 354 g/mol. The number of carbonyl (C=O) groups is 1. The number of nitrogens with zero attached hydrogens (tertiary/aromatic N) is 3. The number of nitrogens with one attached hydrogen (secondary N) is 1. The number of hydrogen-bond acceptors (Lipinski definition) is 5. The number of methoxy groups -OCH3 is 2. The normalized spacial score (nSPS) is 10.9. The molecule has 1 N–H and O–H groups in total. The molecule has 1 aromatic carbocycles. The van der Waals surface area contributed by atoms with Crippen molar-refractivity contribution in [2.45, 2.75) is 13.3 Å². The number of rotatable bonds is 7. The zero-order valence-corrected chi connectivity index (χ0v) is 15.2. The molecule has 0 spiro atoms. The van der Waals surface area contributed by atoms with E-state index in [4.69, 9.17) is 9.47 Å². The van der Waals surface area contributed by atoms with Gasteiger partial charge in [-0.15, -0.1) is 0 Å². The quantitative estimate of drug-likeness (QED) is 0.660. The zero-order valence-electron chi connectivity index (χ0n) is 15.2. The lowest BCUT2D eigenvalue weighted by atomic mass is 10.1. The van der Waals surface area contributed by atoms with Crippen LogP contribution in [0.1, 0.15) is 22.5 Å². The molecule has 1 amide bonds. The second kappa shape index (κ2) is 7.97. The Kier molecular flexibility index (Phi) is 5.48. The molecular formula is C19H22N4O3. The van der Waals surface area contributed by atoms with Gasteiger partial charge >= 0.3 is 0 Å². The maximum absolute atomic E-state index is 12.4. The van der Waals surface area contributed by atoms with E-state index in [-0.39, 0.29) is 5.91 Å². The van der Waals surface area contributed by atoms with Crippen molar-refractivity contribution >= 4 is 11.6 Å². The molecule has 0 aliphatic carbocycles. The largest absolute Gasteiger partial charge is 0.497 e. The average Bonchev–Trinajstić information content (AvgIpc) is 3.10. The second-order valence-corrected chi connectivity index (χ2v) is 5.88. The van der Waals surface area contributed by atoms with Crippen LogP contribution < -0.4 is 10.1 Å². The summed E-state index contributed by atoms with van der Waals surface area (Å²) in [6.45, 7) is 3.03. The van der Waals surface area contributed by atoms with Crippen molar-refractivity contribution in [2.24, 2.45) is 0 Å². The molecule has 0 fully saturated rings. The Morgan fingerprint density at radius 3 is 2.65 bits per heavy atom. The van der Waals surface area contributed by atoms with E-state index in [0.29, 0.717) is 24.4 Å². The van der Waals surface area contributed by atoms with Crippen molar-refractivity contribution in [3.63, 3.8) is 0 Å². The summed E-state index contributed by atoms with van der Waals surface area (Å²) in [6.07, 6.45) is 4.13. The summed E-state index contributed by atoms with van der Waals surface area (Å²) in [6, 6.07) is 7.72. The number of fused-ring (bicyclic) bond motifs is 1. The van der Waals surface area contributed by atoms with Crippen LogP contribution in [-0.2, 0) is 4.74 Å². The minimum absolute atomic E-state index is 0.158. The first-order valence-electron chi connectivity index (χ1n) is 8.40. The predicted molar refractivity (Wildman–Crippen MR) is 98.5 cm³/mol. The van der Waals surface area contributed by atoms with E-state index >= 15 is 0 Å². The Morgan fingerprint density at radius 2 is 1.96 bits per heavy atom. The van der Waals surface area contributed by atoms with Gasteiger partial charge < -0.3 is 14.8 Å². The van der Waals surface area contributed by atoms with Crippen LogP contribution in [0, 0.1) is 6.92 Å². The lowest BCUT2D eigenvalue weighted by Gasteiger charge is -2.09. The number of hydrogen-bond donors (Lipinski definition) is 1. The van der Waals surface area contributed by atoms with E-state index in [1.54, 1.807) is 31.1 Å². The molecule has 0 saturated carbocycles. The van der Waals surface area contributed by atoms with Gasteiger partial charge in [0.1, 0.15) is 5.75 Å². The highest BCUT2D eigenvalue weighted by molar-refractivity contribution is 5.95. The Balaban J connectivity index is 1.87. The van der Waals surface area contributed by atoms with Crippen molar-refractivity contribution in [2.75, 3.05) is 27.4 Å². The van der Waals surface area contributed by atoms with E-state index in [2.05, 4.69) is 15.4 Å². The van der Waals surface area contributed by atoms with E-state index in [0.717, 1.165) is 29.0 Å². The van der Waals surface area contributed by atoms with Gasteiger partial charge in [-0.1, -0.05) is 12.1 Å². The molecule has 0 bridgehead atoms. The standard InChI is InChI=1S/C19H22N4O3/c1-13-16(19(24)20-9-4-10-25-2)11-21-18-17(12-22-23(13)18)14-5-7-15(26-3)8-6-14/h5-8,11-12H,4,9-10H2,1-3H3,(H,20,24). The molecule has 3 aromatic rings. The molecule has 0 saturated heterocycles. The lowest BCUT2D eigenvalue weighted by Crippen LogP contribution is -2.26. The number of carbonyl (C=O) groups excluding carboxylic acids is 1. The third-order valence-electron chi connectivity index (χ3n) is 4.22. The summed E-state index contributed by atoms with van der Waals surface area (Å²) >= 11 is 0. The van der Waals surface area contributed by atoms with E-state index in [1.165, 1.54) is 0 Å². The maximum atomic E-state index is 12.4. The summed E-state index contributed by atoms with van der Waals surface area (Å²) in [5.74, 6) is 0.635. The van der Waals surface area contributed by atoms with Crippen LogP contribution in [0.15, 0.2) is 36.7 Å². The monoisotopic (exact) mass is 354 g/mol. The number of aromatic nitrogens is 3. The first-order valence-corrected chi connectivity index (χ1v) is 8.40. The van der Waals surface area contributed by atoms with E-state index < -0.39 is 0 Å². The fourth-order valence-corrected chi connectivity index (χ4v) is 2.76. The number of aryl methyl sites for hydroxylation is 1. The van der Waals surface area contributed by atoms with Gasteiger partial charge in [0.05, 0.1) is 24.6 Å². The van der Waals surface area contributed by atoms with E-state index in [1.807, 2.05) is 31.2 Å². The molecule has 2 aromatic heterocycles. The first-order chi connectivity index (χ1) is 12.7. The third-order valence-corrected chi connectivity index (χ3v) is 4.22. The minimum Gasteiger partial charge on any atom is -0.497 e. The van der Waals surface area contributed by atoms with Crippen LogP contribution in [0.3, 0.4) is 0 Å². The van der Waals surface area contributed by atoms with E-state index in [9.17, 15) is 4.79 Å². The molecule has 0 atom stereocenters. The van der Waals surface area contributed by atoms with Crippen molar-refractivity contribution < 1.29 is 14.3 Å². The van der Waals surface area contributed by atoms with Crippen LogP contribution in [0.2, 0.25) is 0 Å². The fourth-order valence-electron chi connectivity index (χ4n) is 2.76. The summed E-state index contributed by atoms with van der Waals surface area (Å²) in [7, 11) is 3.28. The van der Waals surface area contributed by atoms with Crippen LogP contribution >= 0.6 is 0 Å². The van der Waals surface area contributed by atoms with Gasteiger partial charge in [0.25, 0.3) is 5.91 Å². The first kappa shape index (κ1) is 17.9. The molecule has 0 unspecified atom stereocenters. The molecule has 0 aliphatic rings. The maximum Gasteiger partial charge on any atom is 0.254 e. The summed E-state index contributed by atoms with van der Waals surface area (Å²) in [4.78, 5) is 16.8. The molecule has 136 valence electrons. The van der Waals surface area contributed by atoms with Crippen LogP contribution in [-0.4, -0.2) is 47.9 Å². The van der Waals surface area contributed by atoms with Crippen molar-refractivity contribution in [3.05, 3.63) is 47.9 Å². The van der Waals surface area contributed by atoms with Gasteiger partial charge in [-0.05, 0) is 31.0 Å². The van der Waals surface area contributed by atoms with Crippen molar-refractivity contribution in [3.8, 4) is 16.9 Å². The van der Waals surface area contributed by atoms with Gasteiger partial charge in [-0.25, -0.2) is 9.50 Å². The predicted octanol–water partition coefficient (Wildman–Crippen LogP) is 2.48. The van der Waals surface area contributed by atoms with Crippen molar-refractivity contribution in [1.82, 2.24) is 19.9 Å². The van der Waals surface area contributed by atoms with Crippen molar-refractivity contribution in [1.29, 1.82) is 0 Å². The second-order valence-electron chi connectivity index (χ2n) is 5.88. The number of benzene rings is 1. The Morgan fingerprint density at radius 1 is 1.19 bits per heavy atom. The van der Waals surface area contributed by atoms with Crippen LogP contribution in [0.4, 0.5) is 0 Å². The topological polar surface area (TPSA) is 77.8 Å². The molecule has 26 heavy (non-hydrogen) atoms. The molecule has 7 nitrogen and oxygen atoms in total. The van der Waals surface area contributed by atoms with Gasteiger partial charge in [-0.2, -0.15) is 5.10 Å². The number of amides is 1. The Hall–Kier alpha value is -2.93. The highest BCUT2D eigenvalue weighted by Crippen LogP contribution is 2.26. The molecule has 3 rings (SSSR count). The SMILES string of the molecule is COCCCNC(=O)c1cnc2c(-c3ccc(OC)cc3)cnn2c1C. The Bertz CT molecular complexity index is 903. The number of ether oxygens (including phenoxy) is 2. The van der Waals surface area contributed by atoms with Gasteiger partial charge in [0.2, 0.25) is 0 Å². The van der Waals surface area contributed by atoms with Gasteiger partial charge in [-0.3, -0.25) is 4.79 Å². The third kappa shape index (κ3) is 3.52. The molecule has 2 heterocycles. The molecule has 0 radical (unpaired) electrons. The lowest BCUT2D eigenvalue weighted by molar-refractivity contribution is 0.0947. The highest BCUT2D eigenvalue weighted by atomic mass is 16.5. The molecular weight excluding hydrogens is 332 g/mol. The zero-order chi connectivity index (χ0) is 18.5. The summed E-state index contributed by atoms with van der Waals surface area (Å²) in [5.41, 5.74) is 3.87. The highest BCUT2D eigenvalue weighted by Gasteiger charge is 2.16. The fraction of sp³-hybridized carbons (Fsp3) is 0.316. The molecule has 0 aliphatic heterocycles. The summed E-state index contributed by atoms with van der Waals surface area (Å²) in [5, 5.41) is 7.29. The molecule has 7 heteroatoms. The minimum atomic E-state index is -0.158. The summed E-state index contributed by atoms with van der Waals surface area (Å²) < 4.78 is 11.9. The Labute approximate surface area is 152 Å². The van der Waals surface area contributed by atoms with Gasteiger partial charge in [0, 0.05) is 32.0 Å². The van der Waals surface area contributed by atoms with Gasteiger partial charge in [0.15, 0.2) is 5.65 Å². The van der Waals surface area contributed by atoms with Crippen LogP contribution in [0.5, 0.6) is 5.75 Å². The smallest absolute Gasteiger partial charge is 0.254 e. The van der Waals surface area contributed by atoms with Crippen LogP contribution in [0.25, 0.3) is 16.8 Å².